The molecular formula is C11H15NO6. The van der Waals surface area contributed by atoms with Crippen LogP contribution in [0.3, 0.4) is 0 Å². The Kier molecular flexibility index (Phi) is 4.82. The lowest BCUT2D eigenvalue weighted by molar-refractivity contribution is -0.156. The standard InChI is InChI=1S/C11H15NO6/c1-3-17-8(14)6-12-5-7(13)9(10(12)15)11(16)18-4-2/h9H,3-6H2,1-2H3. The third-order valence-corrected chi connectivity index (χ3v) is 2.37. The molecule has 0 radical (unpaired) electrons. The molecule has 1 aliphatic rings. The Morgan fingerprint density at radius 2 is 1.83 bits per heavy atom. The van der Waals surface area contributed by atoms with Crippen LogP contribution in [0.15, 0.2) is 0 Å². The fourth-order valence-electron chi connectivity index (χ4n) is 1.63. The summed E-state index contributed by atoms with van der Waals surface area (Å²) >= 11 is 0. The molecule has 1 fully saturated rings. The number of hydrogen-bond acceptors (Lipinski definition) is 6. The number of esters is 2. The predicted octanol–water partition coefficient (Wildman–Crippen LogP) is -0.860. The summed E-state index contributed by atoms with van der Waals surface area (Å²) in [6.45, 7) is 2.91. The number of nitrogens with zero attached hydrogens (tertiary/aromatic N) is 1. The van der Waals surface area contributed by atoms with Gasteiger partial charge in [0.25, 0.3) is 0 Å². The van der Waals surface area contributed by atoms with Crippen molar-refractivity contribution < 1.29 is 28.7 Å². The molecule has 7 heteroatoms. The van der Waals surface area contributed by atoms with Gasteiger partial charge in [0.05, 0.1) is 19.8 Å². The summed E-state index contributed by atoms with van der Waals surface area (Å²) in [5.41, 5.74) is 0. The second-order valence-corrected chi connectivity index (χ2v) is 3.65. The van der Waals surface area contributed by atoms with Crippen LogP contribution < -0.4 is 0 Å². The van der Waals surface area contributed by atoms with Crippen molar-refractivity contribution in [3.63, 3.8) is 0 Å². The van der Waals surface area contributed by atoms with E-state index in [-0.39, 0.29) is 26.3 Å². The summed E-state index contributed by atoms with van der Waals surface area (Å²) in [7, 11) is 0. The normalized spacial score (nSPS) is 19.0. The first-order valence-electron chi connectivity index (χ1n) is 5.65. The van der Waals surface area contributed by atoms with Gasteiger partial charge in [0.1, 0.15) is 6.54 Å². The van der Waals surface area contributed by atoms with Gasteiger partial charge in [0.15, 0.2) is 11.7 Å². The largest absolute Gasteiger partial charge is 0.465 e. The summed E-state index contributed by atoms with van der Waals surface area (Å²) in [6.07, 6.45) is 0. The first kappa shape index (κ1) is 14.1. The Hall–Kier alpha value is -1.92. The Balaban J connectivity index is 2.66. The molecule has 0 saturated carbocycles. The maximum Gasteiger partial charge on any atom is 0.326 e. The molecule has 1 atom stereocenters. The molecule has 1 rings (SSSR count). The van der Waals surface area contributed by atoms with E-state index in [0.29, 0.717) is 0 Å². The fourth-order valence-corrected chi connectivity index (χ4v) is 1.63. The van der Waals surface area contributed by atoms with E-state index in [9.17, 15) is 19.2 Å². The highest BCUT2D eigenvalue weighted by atomic mass is 16.5. The van der Waals surface area contributed by atoms with E-state index in [1.54, 1.807) is 13.8 Å². The van der Waals surface area contributed by atoms with Gasteiger partial charge >= 0.3 is 11.9 Å². The molecule has 100 valence electrons. The quantitative estimate of drug-likeness (QED) is 0.470. The maximum atomic E-state index is 11.8. The van der Waals surface area contributed by atoms with Gasteiger partial charge in [-0.3, -0.25) is 19.2 Å². The molecule has 0 aromatic carbocycles. The zero-order valence-electron chi connectivity index (χ0n) is 10.3. The molecule has 1 amide bonds. The van der Waals surface area contributed by atoms with E-state index in [2.05, 4.69) is 9.47 Å². The summed E-state index contributed by atoms with van der Waals surface area (Å²) in [5, 5.41) is 0. The van der Waals surface area contributed by atoms with Crippen molar-refractivity contribution in [2.75, 3.05) is 26.3 Å². The van der Waals surface area contributed by atoms with E-state index in [0.717, 1.165) is 4.90 Å². The Bertz CT molecular complexity index is 378. The van der Waals surface area contributed by atoms with Crippen LogP contribution in [0.4, 0.5) is 0 Å². The molecule has 1 heterocycles. The summed E-state index contributed by atoms with van der Waals surface area (Å²) in [4.78, 5) is 46.9. The van der Waals surface area contributed by atoms with Gasteiger partial charge in [-0.1, -0.05) is 0 Å². The molecule has 1 unspecified atom stereocenters. The lowest BCUT2D eigenvalue weighted by Crippen LogP contribution is -2.35. The minimum Gasteiger partial charge on any atom is -0.465 e. The van der Waals surface area contributed by atoms with Crippen LogP contribution in [-0.4, -0.2) is 54.8 Å². The minimum atomic E-state index is -1.43. The lowest BCUT2D eigenvalue weighted by Gasteiger charge is -2.13. The molecule has 0 bridgehead atoms. The summed E-state index contributed by atoms with van der Waals surface area (Å²) in [6, 6.07) is 0. The lowest BCUT2D eigenvalue weighted by atomic mass is 10.1. The van der Waals surface area contributed by atoms with E-state index in [4.69, 9.17) is 0 Å². The van der Waals surface area contributed by atoms with Gasteiger partial charge < -0.3 is 14.4 Å². The third-order valence-electron chi connectivity index (χ3n) is 2.37. The topological polar surface area (TPSA) is 90.0 Å². The molecule has 18 heavy (non-hydrogen) atoms. The molecule has 1 saturated heterocycles. The predicted molar refractivity (Wildman–Crippen MR) is 58.3 cm³/mol. The number of amides is 1. The van der Waals surface area contributed by atoms with Crippen LogP contribution in [0.5, 0.6) is 0 Å². The Labute approximate surface area is 104 Å². The van der Waals surface area contributed by atoms with Gasteiger partial charge in [-0.25, -0.2) is 0 Å². The smallest absolute Gasteiger partial charge is 0.326 e. The van der Waals surface area contributed by atoms with Crippen molar-refractivity contribution in [1.82, 2.24) is 4.90 Å². The van der Waals surface area contributed by atoms with Crippen LogP contribution >= 0.6 is 0 Å². The van der Waals surface area contributed by atoms with Gasteiger partial charge in [0.2, 0.25) is 5.91 Å². The molecule has 0 aromatic heterocycles. The highest BCUT2D eigenvalue weighted by Crippen LogP contribution is 2.16. The van der Waals surface area contributed by atoms with Crippen LogP contribution in [0.1, 0.15) is 13.8 Å². The average Bonchev–Trinajstić information content (AvgIpc) is 2.54. The molecular weight excluding hydrogens is 242 g/mol. The van der Waals surface area contributed by atoms with E-state index in [1.807, 2.05) is 0 Å². The first-order valence-corrected chi connectivity index (χ1v) is 5.65. The molecule has 0 aromatic rings. The number of Topliss-reactive ketones (excluding diaryl/α,β-unsaturated/α-hetero) is 1. The van der Waals surface area contributed by atoms with Crippen LogP contribution in [0.2, 0.25) is 0 Å². The number of carbonyl (C=O) groups is 4. The molecule has 1 aliphatic heterocycles. The zero-order chi connectivity index (χ0) is 13.7. The number of likely N-dealkylation sites (tertiary alicyclic amines) is 1. The van der Waals surface area contributed by atoms with E-state index >= 15 is 0 Å². The van der Waals surface area contributed by atoms with Gasteiger partial charge in [0, 0.05) is 0 Å². The molecule has 0 spiro atoms. The van der Waals surface area contributed by atoms with Crippen molar-refractivity contribution >= 4 is 23.6 Å². The highest BCUT2D eigenvalue weighted by molar-refractivity contribution is 6.21. The number of ether oxygens (including phenoxy) is 2. The summed E-state index contributed by atoms with van der Waals surface area (Å²) < 4.78 is 9.31. The molecule has 0 aliphatic carbocycles. The Morgan fingerprint density at radius 3 is 2.39 bits per heavy atom. The number of ketones is 1. The van der Waals surface area contributed by atoms with Crippen molar-refractivity contribution in [2.45, 2.75) is 13.8 Å². The third kappa shape index (κ3) is 3.06. The highest BCUT2D eigenvalue weighted by Gasteiger charge is 2.45. The van der Waals surface area contributed by atoms with E-state index in [1.165, 1.54) is 0 Å². The zero-order valence-corrected chi connectivity index (χ0v) is 10.3. The number of hydrogen-bond donors (Lipinski definition) is 0. The second-order valence-electron chi connectivity index (χ2n) is 3.65. The summed E-state index contributed by atoms with van der Waals surface area (Å²) in [5.74, 6) is -4.16. The number of rotatable bonds is 5. The van der Waals surface area contributed by atoms with Crippen LogP contribution in [0.25, 0.3) is 0 Å². The second kappa shape index (κ2) is 6.13. The van der Waals surface area contributed by atoms with Crippen LogP contribution in [0, 0.1) is 5.92 Å². The maximum absolute atomic E-state index is 11.8. The minimum absolute atomic E-state index is 0.0910. The van der Waals surface area contributed by atoms with Crippen molar-refractivity contribution in [3.8, 4) is 0 Å². The van der Waals surface area contributed by atoms with Crippen molar-refractivity contribution in [2.24, 2.45) is 5.92 Å². The van der Waals surface area contributed by atoms with E-state index < -0.39 is 29.5 Å². The fraction of sp³-hybridized carbons (Fsp3) is 0.636. The van der Waals surface area contributed by atoms with Crippen molar-refractivity contribution in [3.05, 3.63) is 0 Å². The molecule has 7 nitrogen and oxygen atoms in total. The average molecular weight is 257 g/mol. The molecule has 0 N–H and O–H groups in total. The van der Waals surface area contributed by atoms with Gasteiger partial charge in [-0.2, -0.15) is 0 Å². The number of carbonyl (C=O) groups excluding carboxylic acids is 4. The van der Waals surface area contributed by atoms with Crippen LogP contribution in [-0.2, 0) is 28.7 Å². The van der Waals surface area contributed by atoms with Gasteiger partial charge in [-0.05, 0) is 13.8 Å². The van der Waals surface area contributed by atoms with Crippen molar-refractivity contribution in [1.29, 1.82) is 0 Å². The Morgan fingerprint density at radius 1 is 1.22 bits per heavy atom. The van der Waals surface area contributed by atoms with Gasteiger partial charge in [-0.15, -0.1) is 0 Å². The monoisotopic (exact) mass is 257 g/mol. The SMILES string of the molecule is CCOC(=O)CN1CC(=O)C(C(=O)OCC)C1=O. The first-order chi connectivity index (χ1) is 8.51.